The van der Waals surface area contributed by atoms with Gasteiger partial charge in [-0.3, -0.25) is 4.18 Å². The van der Waals surface area contributed by atoms with Gasteiger partial charge in [0.05, 0.1) is 17.2 Å². The van der Waals surface area contributed by atoms with Gasteiger partial charge in [0.25, 0.3) is 4.21 Å². The third-order valence-electron chi connectivity index (χ3n) is 1.70. The van der Waals surface area contributed by atoms with Gasteiger partial charge in [0, 0.05) is 0 Å². The predicted molar refractivity (Wildman–Crippen MR) is 72.6 cm³/mol. The molecule has 94 valence electrons. The lowest BCUT2D eigenvalue weighted by Crippen LogP contribution is -1.97. The van der Waals surface area contributed by atoms with E-state index in [2.05, 4.69) is 34.7 Å². The van der Waals surface area contributed by atoms with Crippen LogP contribution in [0.4, 0.5) is 0 Å². The molecule has 0 atom stereocenters. The molecule has 0 spiro atoms. The van der Waals surface area contributed by atoms with Crippen molar-refractivity contribution < 1.29 is 17.2 Å². The van der Waals surface area contributed by atoms with Gasteiger partial charge in [-0.2, -0.15) is 0 Å². The van der Waals surface area contributed by atoms with Crippen molar-refractivity contribution in [2.75, 3.05) is 13.4 Å². The molecule has 0 fully saturated rings. The first-order valence-corrected chi connectivity index (χ1v) is 9.05. The third-order valence-corrected chi connectivity index (χ3v) is 6.05. The van der Waals surface area contributed by atoms with Gasteiger partial charge >= 0.3 is 10.3 Å². The molecule has 0 radical (unpaired) electrons. The zero-order valence-electron chi connectivity index (χ0n) is 9.08. The average molecular weight is 310 g/mol. The Morgan fingerprint density at radius 1 is 1.41 bits per heavy atom. The molecule has 0 saturated carbocycles. The quantitative estimate of drug-likeness (QED) is 0.280. The van der Waals surface area contributed by atoms with Crippen LogP contribution < -0.4 is 0 Å². The standard InChI is InChI=1S/C8H7S3.CH4O4S/c1-9-8-6-4-2-3-5-7(6)10-11-8;1-5-6(2,3)4/h2-5H,1H3;1H3,(H,2,3,4)/q+1;/p-1. The normalized spacial score (nSPS) is 11.0. The fourth-order valence-corrected chi connectivity index (χ4v) is 4.73. The lowest BCUT2D eigenvalue weighted by molar-refractivity contribution is 0.314. The molecule has 8 heteroatoms. The molecule has 0 aliphatic rings. The second kappa shape index (κ2) is 6.62. The fourth-order valence-electron chi connectivity index (χ4n) is 0.980. The summed E-state index contributed by atoms with van der Waals surface area (Å²) in [7, 11) is 0.123. The van der Waals surface area contributed by atoms with Gasteiger partial charge in [0.2, 0.25) is 10.4 Å². The topological polar surface area (TPSA) is 66.4 Å². The molecule has 4 nitrogen and oxygen atoms in total. The lowest BCUT2D eigenvalue weighted by atomic mass is 10.3. The van der Waals surface area contributed by atoms with Crippen molar-refractivity contribution in [1.29, 1.82) is 0 Å². The summed E-state index contributed by atoms with van der Waals surface area (Å²) in [5, 5.41) is 1.41. The second-order valence-corrected chi connectivity index (χ2v) is 7.14. The third kappa shape index (κ3) is 4.86. The molecule has 1 heterocycles. The Kier molecular flexibility index (Phi) is 5.77. The Morgan fingerprint density at radius 2 is 2.00 bits per heavy atom. The highest BCUT2D eigenvalue weighted by atomic mass is 32.9. The van der Waals surface area contributed by atoms with E-state index in [0.29, 0.717) is 0 Å². The van der Waals surface area contributed by atoms with Crippen LogP contribution in [0.15, 0.2) is 28.5 Å². The van der Waals surface area contributed by atoms with Crippen LogP contribution in [0.2, 0.25) is 0 Å². The van der Waals surface area contributed by atoms with Crippen LogP contribution in [0, 0.1) is 0 Å². The molecule has 0 N–H and O–H groups in total. The molecule has 0 unspecified atom stereocenters. The molecule has 1 aromatic carbocycles. The van der Waals surface area contributed by atoms with Crippen molar-refractivity contribution in [3.05, 3.63) is 24.3 Å². The van der Waals surface area contributed by atoms with E-state index in [0.717, 1.165) is 7.11 Å². The zero-order valence-corrected chi connectivity index (χ0v) is 12.3. The number of hydrogen-bond donors (Lipinski definition) is 0. The highest BCUT2D eigenvalue weighted by molar-refractivity contribution is 8.02. The minimum absolute atomic E-state index is 0.808. The first kappa shape index (κ1) is 14.8. The molecule has 2 rings (SSSR count). The van der Waals surface area contributed by atoms with E-state index in [1.165, 1.54) is 14.3 Å². The first-order valence-electron chi connectivity index (χ1n) is 4.34. The molecule has 17 heavy (non-hydrogen) atoms. The summed E-state index contributed by atoms with van der Waals surface area (Å²) in [4.78, 5) is 0. The van der Waals surface area contributed by atoms with Gasteiger partial charge in [-0.15, -0.1) is 0 Å². The molecular weight excluding hydrogens is 300 g/mol. The van der Waals surface area contributed by atoms with Gasteiger partial charge in [0.15, 0.2) is 10.3 Å². The van der Waals surface area contributed by atoms with Gasteiger partial charge in [0.1, 0.15) is 0 Å². The Labute approximate surface area is 112 Å². The minimum Gasteiger partial charge on any atom is -0.726 e. The Bertz CT molecular complexity index is 575. The van der Waals surface area contributed by atoms with Crippen LogP contribution in [-0.2, 0) is 14.6 Å². The van der Waals surface area contributed by atoms with Crippen molar-refractivity contribution in [1.82, 2.24) is 0 Å². The monoisotopic (exact) mass is 310 g/mol. The number of fused-ring (bicyclic) bond motifs is 1. The second-order valence-electron chi connectivity index (χ2n) is 2.73. The maximum absolute atomic E-state index is 9.22. The first-order chi connectivity index (χ1) is 7.98. The van der Waals surface area contributed by atoms with Gasteiger partial charge < -0.3 is 4.55 Å². The molecule has 0 aliphatic heterocycles. The largest absolute Gasteiger partial charge is 0.726 e. The highest BCUT2D eigenvalue weighted by Crippen LogP contribution is 2.36. The summed E-state index contributed by atoms with van der Waals surface area (Å²) in [6.07, 6.45) is 2.13. The molecule has 0 bridgehead atoms. The Balaban J connectivity index is 0.000000209. The summed E-state index contributed by atoms with van der Waals surface area (Å²) in [5.41, 5.74) is 0. The smallest absolute Gasteiger partial charge is 0.308 e. The van der Waals surface area contributed by atoms with Crippen LogP contribution >= 0.6 is 32.4 Å². The lowest BCUT2D eigenvalue weighted by Gasteiger charge is -1.98. The van der Waals surface area contributed by atoms with E-state index in [4.69, 9.17) is 0 Å². The van der Waals surface area contributed by atoms with Crippen molar-refractivity contribution >= 4 is 52.9 Å². The summed E-state index contributed by atoms with van der Waals surface area (Å²) < 4.78 is 33.9. The number of rotatable bonds is 2. The van der Waals surface area contributed by atoms with Crippen LogP contribution in [-0.4, -0.2) is 26.3 Å². The summed E-state index contributed by atoms with van der Waals surface area (Å²) in [6, 6.07) is 8.56. The predicted octanol–water partition coefficient (Wildman–Crippen LogP) is 3.06. The molecule has 0 amide bonds. The number of thioether (sulfide) groups is 1. The van der Waals surface area contributed by atoms with E-state index >= 15 is 0 Å². The van der Waals surface area contributed by atoms with Crippen molar-refractivity contribution in [3.63, 3.8) is 0 Å². The van der Waals surface area contributed by atoms with E-state index in [1.807, 2.05) is 32.4 Å². The van der Waals surface area contributed by atoms with Crippen molar-refractivity contribution in [2.45, 2.75) is 4.21 Å². The zero-order chi connectivity index (χ0) is 12.9. The molecular formula is C9H10O4S4. The van der Waals surface area contributed by atoms with Crippen LogP contribution in [0.1, 0.15) is 0 Å². The Hall–Kier alpha value is -0.250. The molecule has 0 saturated heterocycles. The van der Waals surface area contributed by atoms with E-state index in [-0.39, 0.29) is 0 Å². The van der Waals surface area contributed by atoms with Gasteiger partial charge in [-0.05, 0) is 18.4 Å². The Morgan fingerprint density at radius 3 is 2.53 bits per heavy atom. The van der Waals surface area contributed by atoms with Gasteiger partial charge in [-0.25, -0.2) is 8.42 Å². The SMILES string of the molecule is COS(=O)(=O)[O-].CSc1[s+]sc2ccccc12. The molecule has 0 aliphatic carbocycles. The number of hydrogen-bond acceptors (Lipinski definition) is 6. The van der Waals surface area contributed by atoms with Crippen LogP contribution in [0.25, 0.3) is 10.1 Å². The number of benzene rings is 1. The molecule has 2 aromatic rings. The van der Waals surface area contributed by atoms with Crippen LogP contribution in [0.3, 0.4) is 0 Å². The summed E-state index contributed by atoms with van der Waals surface area (Å²) in [5.74, 6) is 0. The van der Waals surface area contributed by atoms with Crippen molar-refractivity contribution in [3.8, 4) is 0 Å². The summed E-state index contributed by atoms with van der Waals surface area (Å²) >= 11 is 1.83. The molecule has 1 aromatic heterocycles. The van der Waals surface area contributed by atoms with E-state index in [1.54, 1.807) is 0 Å². The van der Waals surface area contributed by atoms with Crippen LogP contribution in [0.5, 0.6) is 0 Å². The maximum Gasteiger partial charge on any atom is 0.308 e. The minimum atomic E-state index is -4.41. The van der Waals surface area contributed by atoms with E-state index < -0.39 is 10.4 Å². The fraction of sp³-hybridized carbons (Fsp3) is 0.222. The highest BCUT2D eigenvalue weighted by Gasteiger charge is 2.14. The van der Waals surface area contributed by atoms with Gasteiger partial charge in [-0.1, -0.05) is 23.9 Å². The maximum atomic E-state index is 9.22. The van der Waals surface area contributed by atoms with Crippen molar-refractivity contribution in [2.24, 2.45) is 0 Å². The summed E-state index contributed by atoms with van der Waals surface area (Å²) in [6.45, 7) is 0. The van der Waals surface area contributed by atoms with E-state index in [9.17, 15) is 13.0 Å². The average Bonchev–Trinajstić information content (AvgIpc) is 2.72.